The van der Waals surface area contributed by atoms with Gasteiger partial charge in [0.2, 0.25) is 0 Å². The Bertz CT molecular complexity index is 186. The van der Waals surface area contributed by atoms with E-state index in [9.17, 15) is 0 Å². The molecule has 3 fully saturated rings. The molecule has 3 nitrogen and oxygen atoms in total. The molecule has 0 aromatic rings. The maximum Gasteiger partial charge on any atom is 0 e. The standard InChI is InChI=1S/3C4H8N.Li.Sn/c3*1-2-4-5-3-1;;/h3*1-4H2;;/q3*-1;;+3. The van der Waals surface area contributed by atoms with Crippen LogP contribution >= 0.6 is 0 Å². The van der Waals surface area contributed by atoms with Gasteiger partial charge in [-0.25, -0.2) is 0 Å². The van der Waals surface area contributed by atoms with Gasteiger partial charge in [0, 0.05) is 18.9 Å². The van der Waals surface area contributed by atoms with E-state index in [1.165, 1.54) is 77.8 Å². The fourth-order valence-electron chi connectivity index (χ4n) is 3.35. The van der Waals surface area contributed by atoms with Crippen molar-refractivity contribution in [2.75, 3.05) is 39.3 Å². The molecule has 5 heteroatoms. The summed E-state index contributed by atoms with van der Waals surface area (Å²) in [6.07, 6.45) is 8.78. The van der Waals surface area contributed by atoms with Crippen LogP contribution in [0.4, 0.5) is 0 Å². The molecule has 0 aromatic heterocycles. The molecule has 0 bridgehead atoms. The van der Waals surface area contributed by atoms with Gasteiger partial charge < -0.3 is 0 Å². The van der Waals surface area contributed by atoms with Crippen molar-refractivity contribution >= 4 is 39.4 Å². The van der Waals surface area contributed by atoms with E-state index in [-0.39, 0.29) is 18.9 Å². The molecule has 17 heavy (non-hydrogen) atoms. The number of nitrogens with zero attached hydrogens (tertiary/aromatic N) is 3. The average molecular weight is 336 g/mol. The minimum absolute atomic E-state index is 0. The molecule has 3 aliphatic rings. The molecule has 3 heterocycles. The second-order valence-electron chi connectivity index (χ2n) is 5.38. The molecule has 3 saturated heterocycles. The number of hydrogen-bond donors (Lipinski definition) is 0. The predicted octanol–water partition coefficient (Wildman–Crippen LogP) is 0.878. The van der Waals surface area contributed by atoms with E-state index in [0.717, 1.165) is 0 Å². The Morgan fingerprint density at radius 1 is 0.471 bits per heavy atom. The molecule has 0 aromatic carbocycles. The zero-order chi connectivity index (χ0) is 10.8. The molecular weight excluding hydrogens is 312 g/mol. The Morgan fingerprint density at radius 2 is 0.706 bits per heavy atom. The van der Waals surface area contributed by atoms with Gasteiger partial charge in [0.15, 0.2) is 0 Å². The SMILES string of the molecule is C1CC[N]([Sn]([N]2CCCC2)[N]2CCCC2)C1.[Li]. The van der Waals surface area contributed by atoms with Gasteiger partial charge >= 0.3 is 108 Å². The van der Waals surface area contributed by atoms with Crippen LogP contribution in [0.2, 0.25) is 0 Å². The quantitative estimate of drug-likeness (QED) is 0.709. The zero-order valence-electron chi connectivity index (χ0n) is 11.3. The summed E-state index contributed by atoms with van der Waals surface area (Å²) in [6.45, 7) is 8.51. The van der Waals surface area contributed by atoms with Crippen molar-refractivity contribution in [1.29, 1.82) is 0 Å². The summed E-state index contributed by atoms with van der Waals surface area (Å²) in [6, 6.07) is 0. The van der Waals surface area contributed by atoms with E-state index in [1.807, 2.05) is 0 Å². The van der Waals surface area contributed by atoms with Gasteiger partial charge in [-0.2, -0.15) is 0 Å². The molecule has 0 saturated carbocycles. The molecule has 0 spiro atoms. The fourth-order valence-corrected chi connectivity index (χ4v) is 12.9. The molecule has 0 amide bonds. The molecule has 0 aliphatic carbocycles. The van der Waals surface area contributed by atoms with Gasteiger partial charge in [-0.05, 0) is 0 Å². The van der Waals surface area contributed by atoms with Crippen molar-refractivity contribution in [3.05, 3.63) is 0 Å². The van der Waals surface area contributed by atoms with Crippen molar-refractivity contribution < 1.29 is 0 Å². The largest absolute Gasteiger partial charge is 0 e. The summed E-state index contributed by atoms with van der Waals surface area (Å²) in [7, 11) is 0. The van der Waals surface area contributed by atoms with Gasteiger partial charge in [-0.15, -0.1) is 0 Å². The first kappa shape index (κ1) is 14.7. The zero-order valence-corrected chi connectivity index (χ0v) is 14.2. The van der Waals surface area contributed by atoms with Crippen molar-refractivity contribution in [2.45, 2.75) is 38.5 Å². The van der Waals surface area contributed by atoms with E-state index in [1.54, 1.807) is 0 Å². The van der Waals surface area contributed by atoms with E-state index in [2.05, 4.69) is 9.36 Å². The second-order valence-corrected chi connectivity index (χ2v) is 12.5. The average Bonchev–Trinajstić information content (AvgIpc) is 3.02. The molecule has 3 aliphatic heterocycles. The Hall–Kier alpha value is 1.28. The first-order chi connectivity index (χ1) is 7.95. The third-order valence-electron chi connectivity index (χ3n) is 4.17. The van der Waals surface area contributed by atoms with Crippen LogP contribution in [0.3, 0.4) is 0 Å². The Balaban J connectivity index is 0.00000108. The maximum absolute atomic E-state index is 2.93. The van der Waals surface area contributed by atoms with Crippen LogP contribution in [0.5, 0.6) is 0 Å². The van der Waals surface area contributed by atoms with E-state index in [4.69, 9.17) is 0 Å². The van der Waals surface area contributed by atoms with Gasteiger partial charge in [0.25, 0.3) is 0 Å². The Morgan fingerprint density at radius 3 is 0.941 bits per heavy atom. The summed E-state index contributed by atoms with van der Waals surface area (Å²) in [5, 5.41) is 0. The molecule has 92 valence electrons. The van der Waals surface area contributed by atoms with Crippen molar-refractivity contribution in [2.24, 2.45) is 0 Å². The van der Waals surface area contributed by atoms with Crippen LogP contribution in [-0.4, -0.2) is 88.1 Å². The summed E-state index contributed by atoms with van der Waals surface area (Å²) >= 11 is -1.54. The number of hydrogen-bond acceptors (Lipinski definition) is 3. The smallest absolute Gasteiger partial charge is 0 e. The Labute approximate surface area is 126 Å². The van der Waals surface area contributed by atoms with Crippen molar-refractivity contribution in [3.63, 3.8) is 0 Å². The predicted molar refractivity (Wildman–Crippen MR) is 73.9 cm³/mol. The van der Waals surface area contributed by atoms with Crippen LogP contribution in [0.15, 0.2) is 0 Å². The summed E-state index contributed by atoms with van der Waals surface area (Å²) in [5.41, 5.74) is 0. The van der Waals surface area contributed by atoms with Gasteiger partial charge in [-0.1, -0.05) is 0 Å². The Kier molecular flexibility index (Phi) is 6.19. The van der Waals surface area contributed by atoms with Crippen LogP contribution in [0.1, 0.15) is 38.5 Å². The third-order valence-corrected chi connectivity index (χ3v) is 12.8. The topological polar surface area (TPSA) is 9.72 Å². The molecular formula is C12H24LiN3Sn. The number of rotatable bonds is 3. The van der Waals surface area contributed by atoms with Gasteiger partial charge in [0.1, 0.15) is 0 Å². The third kappa shape index (κ3) is 3.43. The van der Waals surface area contributed by atoms with Crippen LogP contribution in [0.25, 0.3) is 0 Å². The van der Waals surface area contributed by atoms with E-state index < -0.39 is 20.6 Å². The van der Waals surface area contributed by atoms with E-state index in [0.29, 0.717) is 0 Å². The summed E-state index contributed by atoms with van der Waals surface area (Å²) in [4.78, 5) is 0. The van der Waals surface area contributed by atoms with Crippen LogP contribution in [-0.2, 0) is 0 Å². The van der Waals surface area contributed by atoms with Crippen LogP contribution in [0, 0.1) is 0 Å². The first-order valence-electron chi connectivity index (χ1n) is 7.07. The molecule has 0 atom stereocenters. The molecule has 0 N–H and O–H groups in total. The molecule has 0 unspecified atom stereocenters. The van der Waals surface area contributed by atoms with Gasteiger partial charge in [0.05, 0.1) is 0 Å². The van der Waals surface area contributed by atoms with E-state index >= 15 is 0 Å². The minimum Gasteiger partial charge on any atom is 0 e. The minimum atomic E-state index is -1.54. The summed E-state index contributed by atoms with van der Waals surface area (Å²) < 4.78 is 8.79. The first-order valence-corrected chi connectivity index (χ1v) is 10.9. The summed E-state index contributed by atoms with van der Waals surface area (Å²) in [5.74, 6) is 0. The molecule has 3 rings (SSSR count). The molecule has 2 radical (unpaired) electrons. The normalized spacial score (nSPS) is 28.1. The van der Waals surface area contributed by atoms with Crippen molar-refractivity contribution in [1.82, 2.24) is 9.36 Å². The van der Waals surface area contributed by atoms with Gasteiger partial charge in [-0.3, -0.25) is 0 Å². The van der Waals surface area contributed by atoms with Crippen molar-refractivity contribution in [3.8, 4) is 0 Å². The maximum atomic E-state index is 2.93. The monoisotopic (exact) mass is 337 g/mol. The fraction of sp³-hybridized carbons (Fsp3) is 1.00. The second kappa shape index (κ2) is 7.16. The van der Waals surface area contributed by atoms with Crippen LogP contribution < -0.4 is 0 Å².